The molecule has 1 aromatic carbocycles. The van der Waals surface area contributed by atoms with Crippen molar-refractivity contribution < 1.29 is 9.53 Å². The highest BCUT2D eigenvalue weighted by molar-refractivity contribution is 5.72. The molecule has 0 radical (unpaired) electrons. The number of hydrogen-bond acceptors (Lipinski definition) is 2. The SMILES string of the molecule is CCCCCCC(CCCCCC)C(=O)OC(CCC)c1ccccc1. The van der Waals surface area contributed by atoms with Crippen molar-refractivity contribution in [1.29, 1.82) is 0 Å². The minimum absolute atomic E-state index is 0.0281. The summed E-state index contributed by atoms with van der Waals surface area (Å²) >= 11 is 0. The van der Waals surface area contributed by atoms with Gasteiger partial charge in [0.15, 0.2) is 0 Å². The van der Waals surface area contributed by atoms with E-state index in [4.69, 9.17) is 4.74 Å². The van der Waals surface area contributed by atoms with E-state index in [1.165, 1.54) is 38.5 Å². The Morgan fingerprint density at radius 1 is 0.769 bits per heavy atom. The van der Waals surface area contributed by atoms with Crippen LogP contribution in [0.4, 0.5) is 0 Å². The smallest absolute Gasteiger partial charge is 0.309 e. The van der Waals surface area contributed by atoms with Crippen LogP contribution in [-0.4, -0.2) is 5.97 Å². The van der Waals surface area contributed by atoms with Crippen LogP contribution in [0.1, 0.15) is 109 Å². The number of carbonyl (C=O) groups is 1. The average molecular weight is 361 g/mol. The summed E-state index contributed by atoms with van der Waals surface area (Å²) in [6, 6.07) is 10.2. The molecule has 1 rings (SSSR count). The monoisotopic (exact) mass is 360 g/mol. The third-order valence-corrected chi connectivity index (χ3v) is 5.13. The number of ether oxygens (including phenoxy) is 1. The molecular weight excluding hydrogens is 320 g/mol. The Morgan fingerprint density at radius 3 is 1.85 bits per heavy atom. The molecule has 1 atom stereocenters. The molecule has 0 aliphatic carbocycles. The van der Waals surface area contributed by atoms with Gasteiger partial charge in [-0.1, -0.05) is 109 Å². The van der Waals surface area contributed by atoms with Crippen molar-refractivity contribution >= 4 is 5.97 Å². The first-order valence-corrected chi connectivity index (χ1v) is 11.0. The van der Waals surface area contributed by atoms with E-state index < -0.39 is 0 Å². The summed E-state index contributed by atoms with van der Waals surface area (Å²) in [5.74, 6) is 0.104. The number of carbonyl (C=O) groups excluding carboxylic acids is 1. The number of unbranched alkanes of at least 4 members (excludes halogenated alkanes) is 6. The van der Waals surface area contributed by atoms with Gasteiger partial charge < -0.3 is 4.74 Å². The van der Waals surface area contributed by atoms with Gasteiger partial charge in [0.05, 0.1) is 5.92 Å². The topological polar surface area (TPSA) is 26.3 Å². The van der Waals surface area contributed by atoms with E-state index in [1.54, 1.807) is 0 Å². The fourth-order valence-corrected chi connectivity index (χ4v) is 3.48. The summed E-state index contributed by atoms with van der Waals surface area (Å²) in [6.45, 7) is 6.61. The summed E-state index contributed by atoms with van der Waals surface area (Å²) in [5.41, 5.74) is 1.12. The minimum Gasteiger partial charge on any atom is -0.457 e. The van der Waals surface area contributed by atoms with Gasteiger partial charge in [-0.3, -0.25) is 4.79 Å². The zero-order valence-corrected chi connectivity index (χ0v) is 17.3. The van der Waals surface area contributed by atoms with Crippen LogP contribution < -0.4 is 0 Å². The minimum atomic E-state index is -0.0949. The fourth-order valence-electron chi connectivity index (χ4n) is 3.48. The number of esters is 1. The summed E-state index contributed by atoms with van der Waals surface area (Å²) in [7, 11) is 0. The van der Waals surface area contributed by atoms with Crippen molar-refractivity contribution in [3.8, 4) is 0 Å². The maximum atomic E-state index is 12.9. The van der Waals surface area contributed by atoms with Gasteiger partial charge in [-0.2, -0.15) is 0 Å². The Bertz CT molecular complexity index is 443. The molecule has 0 aliphatic heterocycles. The van der Waals surface area contributed by atoms with E-state index in [9.17, 15) is 4.79 Å². The molecule has 0 aromatic heterocycles. The Balaban J connectivity index is 2.64. The zero-order chi connectivity index (χ0) is 19.0. The van der Waals surface area contributed by atoms with Gasteiger partial charge in [-0.05, 0) is 24.8 Å². The second kappa shape index (κ2) is 14.8. The summed E-state index contributed by atoms with van der Waals surface area (Å²) in [5, 5.41) is 0. The highest BCUT2D eigenvalue weighted by Crippen LogP contribution is 2.27. The van der Waals surface area contributed by atoms with Crippen molar-refractivity contribution in [2.75, 3.05) is 0 Å². The summed E-state index contributed by atoms with van der Waals surface area (Å²) in [4.78, 5) is 12.9. The highest BCUT2D eigenvalue weighted by Gasteiger charge is 2.23. The largest absolute Gasteiger partial charge is 0.457 e. The first kappa shape index (κ1) is 22.7. The molecule has 0 aliphatic rings. The fraction of sp³-hybridized carbons (Fsp3) is 0.708. The van der Waals surface area contributed by atoms with Gasteiger partial charge in [-0.25, -0.2) is 0 Å². The Hall–Kier alpha value is -1.31. The van der Waals surface area contributed by atoms with Crippen molar-refractivity contribution in [2.45, 2.75) is 104 Å². The normalized spacial score (nSPS) is 12.3. The van der Waals surface area contributed by atoms with E-state index in [2.05, 4.69) is 32.9 Å². The predicted molar refractivity (Wildman–Crippen MR) is 111 cm³/mol. The molecule has 0 spiro atoms. The van der Waals surface area contributed by atoms with E-state index >= 15 is 0 Å². The lowest BCUT2D eigenvalue weighted by atomic mass is 9.94. The second-order valence-corrected chi connectivity index (χ2v) is 7.52. The van der Waals surface area contributed by atoms with Crippen molar-refractivity contribution in [2.24, 2.45) is 5.92 Å². The van der Waals surface area contributed by atoms with Gasteiger partial charge in [0.2, 0.25) is 0 Å². The van der Waals surface area contributed by atoms with E-state index in [-0.39, 0.29) is 18.0 Å². The quantitative estimate of drug-likeness (QED) is 0.237. The lowest BCUT2D eigenvalue weighted by Crippen LogP contribution is -2.21. The van der Waals surface area contributed by atoms with Crippen LogP contribution >= 0.6 is 0 Å². The maximum absolute atomic E-state index is 12.9. The molecule has 0 N–H and O–H groups in total. The molecule has 0 saturated carbocycles. The third-order valence-electron chi connectivity index (χ3n) is 5.13. The van der Waals surface area contributed by atoms with Crippen molar-refractivity contribution in [3.63, 3.8) is 0 Å². The summed E-state index contributed by atoms with van der Waals surface area (Å²) < 4.78 is 6.01. The predicted octanol–water partition coefficient (Wildman–Crippen LogP) is 7.63. The molecule has 148 valence electrons. The molecule has 1 aromatic rings. The lowest BCUT2D eigenvalue weighted by Gasteiger charge is -2.22. The molecule has 0 fully saturated rings. The van der Waals surface area contributed by atoms with Crippen molar-refractivity contribution in [3.05, 3.63) is 35.9 Å². The first-order chi connectivity index (χ1) is 12.7. The number of benzene rings is 1. The first-order valence-electron chi connectivity index (χ1n) is 11.0. The third kappa shape index (κ3) is 9.40. The van der Waals surface area contributed by atoms with Crippen LogP contribution in [0.25, 0.3) is 0 Å². The van der Waals surface area contributed by atoms with Crippen LogP contribution in [0.15, 0.2) is 30.3 Å². The second-order valence-electron chi connectivity index (χ2n) is 7.52. The summed E-state index contributed by atoms with van der Waals surface area (Å²) in [6.07, 6.45) is 13.5. The molecule has 26 heavy (non-hydrogen) atoms. The van der Waals surface area contributed by atoms with E-state index in [0.29, 0.717) is 0 Å². The van der Waals surface area contributed by atoms with Crippen LogP contribution in [0.3, 0.4) is 0 Å². The van der Waals surface area contributed by atoms with Crippen LogP contribution in [-0.2, 0) is 9.53 Å². The van der Waals surface area contributed by atoms with E-state index in [0.717, 1.165) is 44.1 Å². The molecule has 0 bridgehead atoms. The van der Waals surface area contributed by atoms with Crippen LogP contribution in [0, 0.1) is 5.92 Å². The molecule has 0 amide bonds. The molecule has 1 unspecified atom stereocenters. The zero-order valence-electron chi connectivity index (χ0n) is 17.3. The highest BCUT2D eigenvalue weighted by atomic mass is 16.5. The van der Waals surface area contributed by atoms with Gasteiger partial charge >= 0.3 is 5.97 Å². The van der Waals surface area contributed by atoms with E-state index in [1.807, 2.05) is 18.2 Å². The molecule has 2 nitrogen and oxygen atoms in total. The van der Waals surface area contributed by atoms with Gasteiger partial charge in [-0.15, -0.1) is 0 Å². The molecule has 0 heterocycles. The Labute approximate surface area is 161 Å². The number of hydrogen-bond donors (Lipinski definition) is 0. The molecular formula is C24H40O2. The van der Waals surface area contributed by atoms with Gasteiger partial charge in [0.25, 0.3) is 0 Å². The average Bonchev–Trinajstić information content (AvgIpc) is 2.67. The molecule has 0 saturated heterocycles. The van der Waals surface area contributed by atoms with Crippen LogP contribution in [0.5, 0.6) is 0 Å². The van der Waals surface area contributed by atoms with Crippen molar-refractivity contribution in [1.82, 2.24) is 0 Å². The van der Waals surface area contributed by atoms with Gasteiger partial charge in [0, 0.05) is 0 Å². The molecule has 2 heteroatoms. The Kier molecular flexibility index (Phi) is 13.0. The standard InChI is InChI=1S/C24H40O2/c1-4-7-9-12-19-22(20-13-10-8-5-2)24(25)26-23(16-6-3)21-17-14-11-15-18-21/h11,14-15,17-18,22-23H,4-10,12-13,16,19-20H2,1-3H3. The Morgan fingerprint density at radius 2 is 1.35 bits per heavy atom. The van der Waals surface area contributed by atoms with Gasteiger partial charge in [0.1, 0.15) is 6.10 Å². The number of rotatable bonds is 15. The van der Waals surface area contributed by atoms with Crippen LogP contribution in [0.2, 0.25) is 0 Å². The lowest BCUT2D eigenvalue weighted by molar-refractivity contribution is -0.155. The maximum Gasteiger partial charge on any atom is 0.309 e.